The Bertz CT molecular complexity index is 709. The van der Waals surface area contributed by atoms with E-state index in [1.165, 1.54) is 49.0 Å². The highest BCUT2D eigenvalue weighted by Crippen LogP contribution is 2.35. The van der Waals surface area contributed by atoms with Crippen LogP contribution in [0.15, 0.2) is 32.0 Å². The van der Waals surface area contributed by atoms with E-state index in [9.17, 15) is 4.79 Å². The molecular weight excluding hydrogens is 354 g/mol. The van der Waals surface area contributed by atoms with Crippen LogP contribution in [0.1, 0.15) is 22.5 Å². The molecule has 2 aromatic rings. The van der Waals surface area contributed by atoms with E-state index in [1.807, 2.05) is 12.1 Å². The van der Waals surface area contributed by atoms with E-state index in [0.717, 1.165) is 15.6 Å². The van der Waals surface area contributed by atoms with Gasteiger partial charge in [0, 0.05) is 12.6 Å². The number of oxazole rings is 1. The predicted molar refractivity (Wildman–Crippen MR) is 90.4 cm³/mol. The number of amides is 1. The van der Waals surface area contributed by atoms with Gasteiger partial charge < -0.3 is 14.6 Å². The van der Waals surface area contributed by atoms with Crippen molar-refractivity contribution in [2.75, 3.05) is 19.6 Å². The topological polar surface area (TPSA) is 58.4 Å². The Balaban J connectivity index is 1.39. The second-order valence-electron chi connectivity index (χ2n) is 5.87. The molecule has 0 radical (unpaired) electrons. The number of carbonyl (C=O) groups excluding carboxylic acids is 1. The van der Waals surface area contributed by atoms with Gasteiger partial charge in [-0.05, 0) is 67.3 Å². The van der Waals surface area contributed by atoms with E-state index in [0.29, 0.717) is 11.0 Å². The number of piperidine rings is 3. The van der Waals surface area contributed by atoms with E-state index < -0.39 is 0 Å². The van der Waals surface area contributed by atoms with Crippen LogP contribution in [0.5, 0.6) is 0 Å². The lowest BCUT2D eigenvalue weighted by atomic mass is 9.84. The number of halogens is 1. The van der Waals surface area contributed by atoms with Crippen LogP contribution in [-0.2, 0) is 0 Å². The summed E-state index contributed by atoms with van der Waals surface area (Å²) in [5.41, 5.74) is 0. The van der Waals surface area contributed by atoms with Crippen LogP contribution in [0.4, 0.5) is 0 Å². The Kier molecular flexibility index (Phi) is 4.36. The molecule has 5 rings (SSSR count). The highest BCUT2D eigenvalue weighted by Gasteiger charge is 2.35. The van der Waals surface area contributed by atoms with Crippen LogP contribution < -0.4 is 5.32 Å². The van der Waals surface area contributed by atoms with E-state index in [4.69, 9.17) is 16.0 Å². The minimum Gasteiger partial charge on any atom is -0.421 e. The van der Waals surface area contributed by atoms with Gasteiger partial charge in [-0.3, -0.25) is 4.79 Å². The minimum atomic E-state index is 0.0243. The summed E-state index contributed by atoms with van der Waals surface area (Å²) in [7, 11) is 0. The molecule has 5 heterocycles. The molecule has 1 amide bonds. The quantitative estimate of drug-likeness (QED) is 0.895. The second-order valence-corrected chi connectivity index (χ2v) is 8.58. The van der Waals surface area contributed by atoms with Gasteiger partial charge in [-0.15, -0.1) is 11.3 Å². The van der Waals surface area contributed by atoms with Gasteiger partial charge in [0.05, 0.1) is 15.3 Å². The monoisotopic (exact) mass is 369 g/mol. The lowest BCUT2D eigenvalue weighted by molar-refractivity contribution is 0.0622. The van der Waals surface area contributed by atoms with Crippen molar-refractivity contribution in [1.29, 1.82) is 0 Å². The highest BCUT2D eigenvalue weighted by atomic mass is 35.5. The van der Waals surface area contributed by atoms with Crippen LogP contribution in [-0.4, -0.2) is 41.5 Å². The molecule has 122 valence electrons. The molecule has 0 spiro atoms. The largest absolute Gasteiger partial charge is 0.421 e. The number of rotatable bonds is 4. The van der Waals surface area contributed by atoms with Gasteiger partial charge in [-0.1, -0.05) is 0 Å². The summed E-state index contributed by atoms with van der Waals surface area (Å²) in [6.45, 7) is 3.34. The van der Waals surface area contributed by atoms with Crippen LogP contribution in [0.2, 0.25) is 5.35 Å². The van der Waals surface area contributed by atoms with Crippen molar-refractivity contribution >= 4 is 40.6 Å². The molecule has 2 aromatic heterocycles. The van der Waals surface area contributed by atoms with Gasteiger partial charge in [-0.25, -0.2) is 4.98 Å². The third kappa shape index (κ3) is 3.42. The maximum absolute atomic E-state index is 12.5. The summed E-state index contributed by atoms with van der Waals surface area (Å²) in [5, 5.41) is 3.97. The Morgan fingerprint density at radius 1 is 1.43 bits per heavy atom. The smallest absolute Gasteiger partial charge is 0.293 e. The third-order valence-corrected chi connectivity index (χ3v) is 6.72. The van der Waals surface area contributed by atoms with Crippen molar-refractivity contribution in [2.24, 2.45) is 5.92 Å². The molecule has 3 saturated heterocycles. The standard InChI is InChI=1S/C15H16ClN3O2S2/c16-15-17-7-12(21-15)23-13-2-1-11(22-13)14(20)18-10-8-19-5-3-9(10)4-6-19/h1-2,7,9-10H,3-6,8H2,(H,18,20)/t10-/m0/s1. The zero-order chi connectivity index (χ0) is 15.8. The molecule has 3 aliphatic rings. The Morgan fingerprint density at radius 3 is 2.91 bits per heavy atom. The molecule has 5 nitrogen and oxygen atoms in total. The maximum Gasteiger partial charge on any atom is 0.293 e. The number of carbonyl (C=O) groups is 1. The first-order valence-electron chi connectivity index (χ1n) is 7.59. The zero-order valence-corrected chi connectivity index (χ0v) is 14.7. The lowest BCUT2D eigenvalue weighted by Gasteiger charge is -2.44. The Hall–Kier alpha value is -1.02. The van der Waals surface area contributed by atoms with Gasteiger partial charge in [0.25, 0.3) is 11.3 Å². The second kappa shape index (κ2) is 6.47. The summed E-state index contributed by atoms with van der Waals surface area (Å²) >= 11 is 8.55. The van der Waals surface area contributed by atoms with E-state index >= 15 is 0 Å². The van der Waals surface area contributed by atoms with Crippen LogP contribution in [0, 0.1) is 5.92 Å². The molecule has 8 heteroatoms. The fraction of sp³-hybridized carbons (Fsp3) is 0.467. The molecule has 3 aliphatic heterocycles. The fourth-order valence-electron chi connectivity index (χ4n) is 3.25. The molecule has 3 fully saturated rings. The average Bonchev–Trinajstić information content (AvgIpc) is 3.18. The number of hydrogen-bond acceptors (Lipinski definition) is 6. The molecular formula is C15H16ClN3O2S2. The number of thiophene rings is 1. The summed E-state index contributed by atoms with van der Waals surface area (Å²) in [4.78, 5) is 19.5. The van der Waals surface area contributed by atoms with Crippen molar-refractivity contribution in [3.63, 3.8) is 0 Å². The molecule has 1 N–H and O–H groups in total. The van der Waals surface area contributed by atoms with Crippen molar-refractivity contribution in [2.45, 2.75) is 28.2 Å². The summed E-state index contributed by atoms with van der Waals surface area (Å²) < 4.78 is 6.21. The normalized spacial score (nSPS) is 26.4. The summed E-state index contributed by atoms with van der Waals surface area (Å²) in [6.07, 6.45) is 3.98. The van der Waals surface area contributed by atoms with E-state index in [-0.39, 0.29) is 17.3 Å². The van der Waals surface area contributed by atoms with Crippen molar-refractivity contribution in [3.05, 3.63) is 28.6 Å². The highest BCUT2D eigenvalue weighted by molar-refractivity contribution is 8.01. The Morgan fingerprint density at radius 2 is 2.26 bits per heavy atom. The first-order chi connectivity index (χ1) is 11.2. The van der Waals surface area contributed by atoms with Crippen molar-refractivity contribution < 1.29 is 9.21 Å². The van der Waals surface area contributed by atoms with Crippen LogP contribution in [0.3, 0.4) is 0 Å². The zero-order valence-electron chi connectivity index (χ0n) is 12.3. The molecule has 0 saturated carbocycles. The average molecular weight is 370 g/mol. The molecule has 0 aliphatic carbocycles. The summed E-state index contributed by atoms with van der Waals surface area (Å²) in [6, 6.07) is 4.08. The number of hydrogen-bond donors (Lipinski definition) is 1. The van der Waals surface area contributed by atoms with Gasteiger partial charge in [0.15, 0.2) is 5.09 Å². The first-order valence-corrected chi connectivity index (χ1v) is 9.61. The SMILES string of the molecule is O=C(N[C@H]1CN2CCC1CC2)c1ccc(Sc2cnc(Cl)o2)s1. The van der Waals surface area contributed by atoms with Crippen LogP contribution in [0.25, 0.3) is 0 Å². The van der Waals surface area contributed by atoms with Gasteiger partial charge >= 0.3 is 0 Å². The Labute approximate surface area is 147 Å². The maximum atomic E-state index is 12.5. The van der Waals surface area contributed by atoms with Gasteiger partial charge in [-0.2, -0.15) is 0 Å². The molecule has 2 bridgehead atoms. The molecule has 0 aromatic carbocycles. The number of aromatic nitrogens is 1. The first kappa shape index (κ1) is 15.5. The van der Waals surface area contributed by atoms with Crippen molar-refractivity contribution in [1.82, 2.24) is 15.2 Å². The minimum absolute atomic E-state index is 0.0243. The van der Waals surface area contributed by atoms with Gasteiger partial charge in [0.2, 0.25) is 0 Å². The van der Waals surface area contributed by atoms with Crippen LogP contribution >= 0.6 is 34.7 Å². The van der Waals surface area contributed by atoms with E-state index in [1.54, 1.807) is 6.20 Å². The fourth-order valence-corrected chi connectivity index (χ4v) is 5.31. The molecule has 23 heavy (non-hydrogen) atoms. The summed E-state index contributed by atoms with van der Waals surface area (Å²) in [5.74, 6) is 0.658. The van der Waals surface area contributed by atoms with E-state index in [2.05, 4.69) is 15.2 Å². The predicted octanol–water partition coefficient (Wildman–Crippen LogP) is 3.36. The van der Waals surface area contributed by atoms with Gasteiger partial charge in [0.1, 0.15) is 0 Å². The number of nitrogens with zero attached hydrogens (tertiary/aromatic N) is 2. The number of fused-ring (bicyclic) bond motifs is 3. The molecule has 1 atom stereocenters. The lowest BCUT2D eigenvalue weighted by Crippen LogP contribution is -2.57. The van der Waals surface area contributed by atoms with Crippen molar-refractivity contribution in [3.8, 4) is 0 Å². The number of nitrogens with one attached hydrogen (secondary N) is 1. The molecule has 0 unspecified atom stereocenters. The third-order valence-electron chi connectivity index (χ3n) is 4.44.